The molecule has 0 spiro atoms. The summed E-state index contributed by atoms with van der Waals surface area (Å²) in [5.74, 6) is -3.16. The van der Waals surface area contributed by atoms with Crippen LogP contribution < -0.4 is 14.8 Å². The fourth-order valence-electron chi connectivity index (χ4n) is 4.55. The molecule has 2 N–H and O–H groups in total. The Morgan fingerprint density at radius 2 is 2.03 bits per heavy atom. The van der Waals surface area contributed by atoms with Gasteiger partial charge in [-0.2, -0.15) is 13.8 Å². The first-order valence-electron chi connectivity index (χ1n) is 12.3. The van der Waals surface area contributed by atoms with Crippen molar-refractivity contribution in [3.8, 4) is 11.5 Å². The molecule has 0 amide bonds. The Kier molecular flexibility index (Phi) is 6.60. The summed E-state index contributed by atoms with van der Waals surface area (Å²) in [6.07, 6.45) is 3.97. The summed E-state index contributed by atoms with van der Waals surface area (Å²) < 4.78 is 64.1. The van der Waals surface area contributed by atoms with Crippen molar-refractivity contribution in [3.63, 3.8) is 0 Å². The molecule has 2 aromatic heterocycles. The van der Waals surface area contributed by atoms with Gasteiger partial charge in [0, 0.05) is 35.8 Å². The SMILES string of the molecule is COc1cc2c(cc1O[C@H]1CCOC1)c(N[C@H](C)c1cccc(C(F)(F)C(C)(C)O)c1F)nc1nccn12. The van der Waals surface area contributed by atoms with Gasteiger partial charge in [0.1, 0.15) is 23.3 Å². The van der Waals surface area contributed by atoms with Gasteiger partial charge in [-0.15, -0.1) is 0 Å². The lowest BCUT2D eigenvalue weighted by molar-refractivity contribution is -0.170. The van der Waals surface area contributed by atoms with E-state index in [9.17, 15) is 13.9 Å². The maximum Gasteiger partial charge on any atom is 0.303 e. The summed E-state index contributed by atoms with van der Waals surface area (Å²) in [6.45, 7) is 4.61. The summed E-state index contributed by atoms with van der Waals surface area (Å²) in [6, 6.07) is 6.56. The summed E-state index contributed by atoms with van der Waals surface area (Å²) >= 11 is 0. The average molecular weight is 531 g/mol. The second-order valence-corrected chi connectivity index (χ2v) is 9.89. The quantitative estimate of drug-likeness (QED) is 0.322. The molecule has 0 radical (unpaired) electrons. The molecule has 1 saturated heterocycles. The van der Waals surface area contributed by atoms with Crippen molar-refractivity contribution >= 4 is 22.5 Å². The molecule has 1 fully saturated rings. The highest BCUT2D eigenvalue weighted by Gasteiger charge is 2.49. The molecule has 4 aromatic rings. The highest BCUT2D eigenvalue weighted by atomic mass is 19.3. The lowest BCUT2D eigenvalue weighted by atomic mass is 9.91. The first-order valence-corrected chi connectivity index (χ1v) is 12.3. The summed E-state index contributed by atoms with van der Waals surface area (Å²) in [7, 11) is 1.55. The van der Waals surface area contributed by atoms with Crippen molar-refractivity contribution in [2.24, 2.45) is 0 Å². The van der Waals surface area contributed by atoms with Crippen LogP contribution >= 0.6 is 0 Å². The van der Waals surface area contributed by atoms with E-state index in [0.29, 0.717) is 47.2 Å². The van der Waals surface area contributed by atoms with Crippen LogP contribution in [-0.2, 0) is 10.7 Å². The molecule has 0 saturated carbocycles. The minimum atomic E-state index is -3.81. The first kappa shape index (κ1) is 26.1. The van der Waals surface area contributed by atoms with Crippen LogP contribution in [0.15, 0.2) is 42.7 Å². The number of imidazole rings is 1. The number of aromatic nitrogens is 3. The van der Waals surface area contributed by atoms with Gasteiger partial charge in [-0.1, -0.05) is 12.1 Å². The molecule has 0 unspecified atom stereocenters. The second-order valence-electron chi connectivity index (χ2n) is 9.89. The minimum absolute atomic E-state index is 0.00215. The van der Waals surface area contributed by atoms with Crippen LogP contribution in [0.3, 0.4) is 0 Å². The van der Waals surface area contributed by atoms with Crippen LogP contribution in [0.4, 0.5) is 19.0 Å². The Bertz CT molecular complexity index is 1480. The molecule has 11 heteroatoms. The monoisotopic (exact) mass is 530 g/mol. The summed E-state index contributed by atoms with van der Waals surface area (Å²) in [5, 5.41) is 13.8. The molecule has 3 heterocycles. The number of fused-ring (bicyclic) bond motifs is 3. The van der Waals surface area contributed by atoms with Crippen molar-refractivity contribution in [2.45, 2.75) is 50.9 Å². The third kappa shape index (κ3) is 4.49. The van der Waals surface area contributed by atoms with Gasteiger partial charge in [0.25, 0.3) is 0 Å². The Hall–Kier alpha value is -3.57. The molecule has 1 aliphatic heterocycles. The van der Waals surface area contributed by atoms with Crippen molar-refractivity contribution in [3.05, 3.63) is 59.7 Å². The highest BCUT2D eigenvalue weighted by molar-refractivity contribution is 5.93. The topological polar surface area (TPSA) is 90.1 Å². The van der Waals surface area contributed by atoms with E-state index in [1.807, 2.05) is 0 Å². The highest BCUT2D eigenvalue weighted by Crippen LogP contribution is 2.42. The van der Waals surface area contributed by atoms with Gasteiger partial charge < -0.3 is 24.6 Å². The predicted octanol–water partition coefficient (Wildman–Crippen LogP) is 5.23. The van der Waals surface area contributed by atoms with Crippen LogP contribution in [0.2, 0.25) is 0 Å². The molecule has 2 atom stereocenters. The molecule has 2 aromatic carbocycles. The van der Waals surface area contributed by atoms with Gasteiger partial charge in [-0.25, -0.2) is 9.37 Å². The predicted molar refractivity (Wildman–Crippen MR) is 136 cm³/mol. The van der Waals surface area contributed by atoms with Gasteiger partial charge in [0.2, 0.25) is 5.78 Å². The molecule has 38 heavy (non-hydrogen) atoms. The van der Waals surface area contributed by atoms with E-state index in [1.54, 1.807) is 43.0 Å². The number of nitrogens with zero attached hydrogens (tertiary/aromatic N) is 3. The fourth-order valence-corrected chi connectivity index (χ4v) is 4.55. The van der Waals surface area contributed by atoms with Gasteiger partial charge in [0.15, 0.2) is 11.5 Å². The smallest absolute Gasteiger partial charge is 0.303 e. The first-order chi connectivity index (χ1) is 18.0. The fraction of sp³-hybridized carbons (Fsp3) is 0.407. The number of methoxy groups -OCH3 is 1. The van der Waals surface area contributed by atoms with E-state index >= 15 is 4.39 Å². The maximum atomic E-state index is 15.4. The number of alkyl halides is 2. The Balaban J connectivity index is 1.58. The van der Waals surface area contributed by atoms with E-state index in [2.05, 4.69) is 15.3 Å². The molecule has 202 valence electrons. The molecular weight excluding hydrogens is 501 g/mol. The second kappa shape index (κ2) is 9.63. The number of hydrogen-bond donors (Lipinski definition) is 2. The summed E-state index contributed by atoms with van der Waals surface area (Å²) in [4.78, 5) is 8.89. The Morgan fingerprint density at radius 1 is 1.24 bits per heavy atom. The normalized spacial score (nSPS) is 17.2. The molecule has 8 nitrogen and oxygen atoms in total. The van der Waals surface area contributed by atoms with Crippen LogP contribution in [0, 0.1) is 5.82 Å². The number of anilines is 1. The maximum absolute atomic E-state index is 15.4. The number of nitrogens with one attached hydrogen (secondary N) is 1. The third-order valence-corrected chi connectivity index (χ3v) is 6.77. The van der Waals surface area contributed by atoms with Gasteiger partial charge in [-0.05, 0) is 32.9 Å². The third-order valence-electron chi connectivity index (χ3n) is 6.77. The van der Waals surface area contributed by atoms with Gasteiger partial charge in [-0.3, -0.25) is 4.40 Å². The van der Waals surface area contributed by atoms with E-state index in [4.69, 9.17) is 14.2 Å². The molecule has 0 aliphatic carbocycles. The number of hydrogen-bond acceptors (Lipinski definition) is 7. The van der Waals surface area contributed by atoms with Crippen LogP contribution in [0.5, 0.6) is 11.5 Å². The summed E-state index contributed by atoms with van der Waals surface area (Å²) in [5.41, 5.74) is -2.63. The van der Waals surface area contributed by atoms with E-state index in [1.165, 1.54) is 12.1 Å². The molecule has 0 bridgehead atoms. The molecular formula is C27H29F3N4O4. The molecule has 1 aliphatic rings. The van der Waals surface area contributed by atoms with Gasteiger partial charge in [0.05, 0.1) is 37.4 Å². The number of ether oxygens (including phenoxy) is 3. The molecule has 5 rings (SSSR count). The zero-order chi connectivity index (χ0) is 27.2. The standard InChI is InChI=1S/C27H29F3N4O4/c1-15(17-6-5-7-19(23(17)28)27(29,30)26(2,3)35)32-24-18-12-22(38-16-8-11-37-14-16)21(36-4)13-20(18)34-10-9-31-25(34)33-24/h5-7,9-10,12-13,15-16,35H,8,11,14H2,1-4H3,(H,31,32,33)/t15-,16+/m1/s1. The van der Waals surface area contributed by atoms with E-state index in [0.717, 1.165) is 26.3 Å². The number of halogens is 3. The van der Waals surface area contributed by atoms with Gasteiger partial charge >= 0.3 is 5.92 Å². The zero-order valence-corrected chi connectivity index (χ0v) is 21.5. The number of rotatable bonds is 8. The zero-order valence-electron chi connectivity index (χ0n) is 21.5. The van der Waals surface area contributed by atoms with Crippen LogP contribution in [0.1, 0.15) is 44.4 Å². The van der Waals surface area contributed by atoms with Crippen LogP contribution in [0.25, 0.3) is 16.7 Å². The minimum Gasteiger partial charge on any atom is -0.493 e. The van der Waals surface area contributed by atoms with Crippen molar-refractivity contribution in [2.75, 3.05) is 25.6 Å². The van der Waals surface area contributed by atoms with E-state index in [-0.39, 0.29) is 11.7 Å². The average Bonchev–Trinajstić information content (AvgIpc) is 3.55. The van der Waals surface area contributed by atoms with Crippen LogP contribution in [-0.4, -0.2) is 51.5 Å². The number of aliphatic hydroxyl groups is 1. The Morgan fingerprint density at radius 3 is 2.71 bits per heavy atom. The largest absolute Gasteiger partial charge is 0.493 e. The van der Waals surface area contributed by atoms with Crippen molar-refractivity contribution in [1.29, 1.82) is 0 Å². The number of benzene rings is 2. The lowest BCUT2D eigenvalue weighted by Crippen LogP contribution is -2.41. The van der Waals surface area contributed by atoms with Crippen molar-refractivity contribution in [1.82, 2.24) is 14.4 Å². The van der Waals surface area contributed by atoms with E-state index < -0.39 is 28.9 Å². The van der Waals surface area contributed by atoms with Crippen molar-refractivity contribution < 1.29 is 32.5 Å². The Labute approximate surface area is 217 Å². The lowest BCUT2D eigenvalue weighted by Gasteiger charge is -2.30.